The molecule has 0 radical (unpaired) electrons. The molecule has 0 bridgehead atoms. The van der Waals surface area contributed by atoms with E-state index in [4.69, 9.17) is 5.11 Å². The third-order valence-corrected chi connectivity index (χ3v) is 2.49. The minimum atomic E-state index is -1.10. The molecule has 0 atom stereocenters. The van der Waals surface area contributed by atoms with Gasteiger partial charge in [0.25, 0.3) is 0 Å². The zero-order valence-electron chi connectivity index (χ0n) is 7.96. The van der Waals surface area contributed by atoms with Gasteiger partial charge in [0.15, 0.2) is 5.65 Å². The van der Waals surface area contributed by atoms with Crippen molar-refractivity contribution in [1.29, 1.82) is 0 Å². The van der Waals surface area contributed by atoms with E-state index in [0.29, 0.717) is 4.79 Å². The number of benzene rings is 1. The first-order valence-corrected chi connectivity index (χ1v) is 4.57. The van der Waals surface area contributed by atoms with Crippen LogP contribution >= 0.6 is 0 Å². The predicted molar refractivity (Wildman–Crippen MR) is 54.2 cm³/mol. The van der Waals surface area contributed by atoms with E-state index in [1.807, 2.05) is 0 Å². The van der Waals surface area contributed by atoms with Crippen LogP contribution in [0.15, 0.2) is 30.5 Å². The molecule has 0 amide bonds. The van der Waals surface area contributed by atoms with Crippen molar-refractivity contribution in [1.82, 2.24) is 14.4 Å². The Kier molecular flexibility index (Phi) is 1.57. The molecule has 3 rings (SSSR count). The van der Waals surface area contributed by atoms with Crippen LogP contribution in [0.25, 0.3) is 16.7 Å². The van der Waals surface area contributed by atoms with Crippen LogP contribution in [0.3, 0.4) is 0 Å². The lowest BCUT2D eigenvalue weighted by atomic mass is 10.2. The molecule has 0 unspecified atom stereocenters. The van der Waals surface area contributed by atoms with E-state index < -0.39 is 5.97 Å². The van der Waals surface area contributed by atoms with Gasteiger partial charge in [-0.25, -0.2) is 9.31 Å². The fraction of sp³-hybridized carbons (Fsp3) is 0. The Morgan fingerprint density at radius 3 is 2.94 bits per heavy atom. The number of para-hydroxylation sites is 1. The number of rotatable bonds is 1. The number of nitrogens with zero attached hydrogens (tertiary/aromatic N) is 3. The average Bonchev–Trinajstić information content (AvgIpc) is 2.83. The van der Waals surface area contributed by atoms with Crippen molar-refractivity contribution in [3.63, 3.8) is 0 Å². The number of aromatic nitrogens is 3. The quantitative estimate of drug-likeness (QED) is 0.677. The fourth-order valence-corrected chi connectivity index (χ4v) is 1.83. The summed E-state index contributed by atoms with van der Waals surface area (Å²) in [7, 11) is 0. The molecular weight excluding hydrogens is 213 g/mol. The molecule has 1 N–H and O–H groups in total. The summed E-state index contributed by atoms with van der Waals surface area (Å²) in [5, 5.41) is 12.9. The highest BCUT2D eigenvalue weighted by Crippen LogP contribution is 2.23. The number of carbonyl (C=O) groups is 1. The second-order valence-corrected chi connectivity index (χ2v) is 3.36. The second-order valence-electron chi connectivity index (χ2n) is 3.36. The van der Waals surface area contributed by atoms with Crippen molar-refractivity contribution in [2.24, 2.45) is 0 Å². The smallest absolute Gasteiger partial charge is 0.337 e. The van der Waals surface area contributed by atoms with Gasteiger partial charge in [-0.3, -0.25) is 0 Å². The van der Waals surface area contributed by atoms with Crippen molar-refractivity contribution < 1.29 is 14.4 Å². The molecule has 6 heteroatoms. The highest BCUT2D eigenvalue weighted by molar-refractivity contribution is 6.02. The summed E-state index contributed by atoms with van der Waals surface area (Å²) < 4.78 is 15.0. The summed E-state index contributed by atoms with van der Waals surface area (Å²) in [5.41, 5.74) is 0.701. The van der Waals surface area contributed by atoms with Crippen molar-refractivity contribution in [3.8, 4) is 0 Å². The molecule has 0 aliphatic rings. The molecule has 5 nitrogen and oxygen atoms in total. The third kappa shape index (κ3) is 0.928. The highest BCUT2D eigenvalue weighted by atomic mass is 19.2. The minimum absolute atomic E-state index is 0.0302. The van der Waals surface area contributed by atoms with Crippen LogP contribution in [0.5, 0.6) is 0 Å². The van der Waals surface area contributed by atoms with Crippen LogP contribution in [0, 0.1) is 0 Å². The number of fused-ring (bicyclic) bond motifs is 3. The molecule has 2 heterocycles. The highest BCUT2D eigenvalue weighted by Gasteiger charge is 2.17. The van der Waals surface area contributed by atoms with Gasteiger partial charge in [0.2, 0.25) is 0 Å². The summed E-state index contributed by atoms with van der Waals surface area (Å²) in [6.45, 7) is 0. The van der Waals surface area contributed by atoms with E-state index in [9.17, 15) is 9.28 Å². The fourth-order valence-electron chi connectivity index (χ4n) is 1.83. The molecule has 1 aromatic carbocycles. The largest absolute Gasteiger partial charge is 0.478 e. The van der Waals surface area contributed by atoms with Gasteiger partial charge < -0.3 is 5.11 Å². The Bertz CT molecular complexity index is 713. The van der Waals surface area contributed by atoms with E-state index in [2.05, 4.69) is 5.10 Å². The van der Waals surface area contributed by atoms with Crippen LogP contribution in [0.4, 0.5) is 4.48 Å². The summed E-state index contributed by atoms with van der Waals surface area (Å²) in [4.78, 5) is 11.4. The minimum Gasteiger partial charge on any atom is -0.478 e. The summed E-state index contributed by atoms with van der Waals surface area (Å²) in [5.74, 6) is -1.10. The Balaban J connectivity index is 2.63. The first kappa shape index (κ1) is 8.90. The average molecular weight is 219 g/mol. The zero-order chi connectivity index (χ0) is 11.3. The van der Waals surface area contributed by atoms with Gasteiger partial charge in [0.1, 0.15) is 11.0 Å². The first-order chi connectivity index (χ1) is 7.70. The van der Waals surface area contributed by atoms with E-state index in [0.717, 1.165) is 0 Å². The normalized spacial score (nSPS) is 11.3. The van der Waals surface area contributed by atoms with Crippen molar-refractivity contribution in [2.45, 2.75) is 0 Å². The number of hydrogen-bond donors (Lipinski definition) is 1. The third-order valence-electron chi connectivity index (χ3n) is 2.49. The summed E-state index contributed by atoms with van der Waals surface area (Å²) in [6.07, 6.45) is 1.42. The Morgan fingerprint density at radius 1 is 1.38 bits per heavy atom. The van der Waals surface area contributed by atoms with Crippen molar-refractivity contribution in [3.05, 3.63) is 36.0 Å². The zero-order valence-corrected chi connectivity index (χ0v) is 7.96. The van der Waals surface area contributed by atoms with Gasteiger partial charge in [-0.2, -0.15) is 9.89 Å². The lowest BCUT2D eigenvalue weighted by molar-refractivity contribution is 0.0698. The van der Waals surface area contributed by atoms with E-state index >= 15 is 0 Å². The van der Waals surface area contributed by atoms with Crippen LogP contribution in [0.2, 0.25) is 0 Å². The van der Waals surface area contributed by atoms with Gasteiger partial charge >= 0.3 is 5.97 Å². The van der Waals surface area contributed by atoms with Gasteiger partial charge in [-0.15, -0.1) is 0 Å². The molecule has 3 aromatic rings. The molecule has 0 fully saturated rings. The van der Waals surface area contributed by atoms with E-state index in [1.165, 1.54) is 35.0 Å². The SMILES string of the molecule is O=C(O)c1cccc2c1n1nccc1n2F. The lowest BCUT2D eigenvalue weighted by Crippen LogP contribution is -1.99. The number of hydrogen-bond acceptors (Lipinski definition) is 2. The standard InChI is InChI=1S/C10H6FN3O2/c11-13-7-3-1-2-6(10(15)16)9(7)14-8(13)4-5-12-14/h1-5H,(H,15,16). The lowest BCUT2D eigenvalue weighted by Gasteiger charge is -1.96. The van der Waals surface area contributed by atoms with Crippen molar-refractivity contribution in [2.75, 3.05) is 0 Å². The molecule has 0 aliphatic heterocycles. The van der Waals surface area contributed by atoms with Gasteiger partial charge in [-0.1, -0.05) is 10.5 Å². The van der Waals surface area contributed by atoms with Crippen LogP contribution in [-0.4, -0.2) is 25.5 Å². The Hall–Kier alpha value is -2.37. The van der Waals surface area contributed by atoms with Gasteiger partial charge in [-0.05, 0) is 12.1 Å². The maximum atomic E-state index is 13.8. The molecule has 2 aromatic heterocycles. The molecule has 0 saturated heterocycles. The maximum absolute atomic E-state index is 13.8. The number of halogens is 1. The second kappa shape index (κ2) is 2.82. The number of carboxylic acid groups (broad SMARTS) is 1. The Morgan fingerprint density at radius 2 is 2.19 bits per heavy atom. The van der Waals surface area contributed by atoms with E-state index in [1.54, 1.807) is 0 Å². The number of imidazole rings is 1. The van der Waals surface area contributed by atoms with E-state index in [-0.39, 0.29) is 22.2 Å². The molecule has 16 heavy (non-hydrogen) atoms. The maximum Gasteiger partial charge on any atom is 0.337 e. The van der Waals surface area contributed by atoms with Crippen molar-refractivity contribution >= 4 is 22.6 Å². The Labute approximate surface area is 88.3 Å². The van der Waals surface area contributed by atoms with Gasteiger partial charge in [0, 0.05) is 6.07 Å². The van der Waals surface area contributed by atoms with Crippen LogP contribution in [-0.2, 0) is 0 Å². The van der Waals surface area contributed by atoms with Crippen LogP contribution in [0.1, 0.15) is 10.4 Å². The molecule has 0 aliphatic carbocycles. The summed E-state index contributed by atoms with van der Waals surface area (Å²) >= 11 is 0. The monoisotopic (exact) mass is 219 g/mol. The predicted octanol–water partition coefficient (Wildman–Crippen LogP) is 1.72. The van der Waals surface area contributed by atoms with Crippen LogP contribution < -0.4 is 0 Å². The first-order valence-electron chi connectivity index (χ1n) is 4.57. The number of carboxylic acids is 1. The summed E-state index contributed by atoms with van der Waals surface area (Å²) in [6, 6.07) is 5.91. The van der Waals surface area contributed by atoms with Gasteiger partial charge in [0.05, 0.1) is 11.8 Å². The number of aromatic carboxylic acids is 1. The topological polar surface area (TPSA) is 59.5 Å². The molecule has 80 valence electrons. The molecular formula is C10H6FN3O2. The molecule has 0 spiro atoms. The molecule has 0 saturated carbocycles.